The molecule has 1 aromatic carbocycles. The van der Waals surface area contributed by atoms with Gasteiger partial charge in [0, 0.05) is 12.0 Å². The number of nitrogens with one attached hydrogen (secondary N) is 1. The molecule has 4 unspecified atom stereocenters. The molecule has 2 fully saturated rings. The molecule has 3 rings (SSSR count). The van der Waals surface area contributed by atoms with Crippen molar-refractivity contribution in [3.63, 3.8) is 0 Å². The van der Waals surface area contributed by atoms with Gasteiger partial charge in [0.05, 0.1) is 0 Å². The van der Waals surface area contributed by atoms with Crippen LogP contribution < -0.4 is 11.1 Å². The fourth-order valence-electron chi connectivity index (χ4n) is 3.80. The minimum absolute atomic E-state index is 0.173. The van der Waals surface area contributed by atoms with Crippen LogP contribution in [0.15, 0.2) is 24.3 Å². The smallest absolute Gasteiger partial charge is 0.223 e. The maximum Gasteiger partial charge on any atom is 0.223 e. The number of hydrogen-bond donors (Lipinski definition) is 2. The average molecular weight is 286 g/mol. The highest BCUT2D eigenvalue weighted by molar-refractivity contribution is 5.83. The predicted molar refractivity (Wildman–Crippen MR) is 85.0 cm³/mol. The van der Waals surface area contributed by atoms with Crippen molar-refractivity contribution in [3.8, 4) is 0 Å². The summed E-state index contributed by atoms with van der Waals surface area (Å²) in [6, 6.07) is 8.73. The molecule has 1 aromatic rings. The van der Waals surface area contributed by atoms with Gasteiger partial charge in [0.1, 0.15) is 0 Å². The third-order valence-corrected chi connectivity index (χ3v) is 5.25. The molecule has 3 nitrogen and oxygen atoms in total. The van der Waals surface area contributed by atoms with E-state index in [4.69, 9.17) is 5.73 Å². The van der Waals surface area contributed by atoms with Crippen LogP contribution in [0.3, 0.4) is 0 Å². The van der Waals surface area contributed by atoms with Crippen molar-refractivity contribution in [2.75, 3.05) is 6.54 Å². The first-order valence-corrected chi connectivity index (χ1v) is 8.26. The van der Waals surface area contributed by atoms with Crippen molar-refractivity contribution in [1.82, 2.24) is 5.32 Å². The Labute approximate surface area is 127 Å². The molecule has 0 radical (unpaired) electrons. The number of carbonyl (C=O) groups excluding carboxylic acids is 1. The molecule has 114 valence electrons. The van der Waals surface area contributed by atoms with Crippen LogP contribution in [0.5, 0.6) is 0 Å². The van der Waals surface area contributed by atoms with Crippen molar-refractivity contribution in [2.24, 2.45) is 17.6 Å². The van der Waals surface area contributed by atoms with E-state index in [2.05, 4.69) is 36.5 Å². The van der Waals surface area contributed by atoms with Crippen molar-refractivity contribution < 1.29 is 4.79 Å². The van der Waals surface area contributed by atoms with E-state index >= 15 is 0 Å². The summed E-state index contributed by atoms with van der Waals surface area (Å²) < 4.78 is 0. The fraction of sp³-hybridized carbons (Fsp3) is 0.611. The molecular formula is C18H26N2O. The van der Waals surface area contributed by atoms with E-state index in [1.165, 1.54) is 24.0 Å². The second-order valence-corrected chi connectivity index (χ2v) is 6.70. The van der Waals surface area contributed by atoms with Crippen LogP contribution in [-0.2, 0) is 4.79 Å². The Hall–Kier alpha value is -1.35. The lowest BCUT2D eigenvalue weighted by Gasteiger charge is -2.31. The lowest BCUT2D eigenvalue weighted by molar-refractivity contribution is -0.123. The maximum atomic E-state index is 12.5. The first-order chi connectivity index (χ1) is 10.2. The Balaban J connectivity index is 1.59. The second kappa shape index (κ2) is 6.18. The minimum atomic E-state index is 0.173. The van der Waals surface area contributed by atoms with Gasteiger partial charge in [0.25, 0.3) is 0 Å². The van der Waals surface area contributed by atoms with Gasteiger partial charge in [-0.1, -0.05) is 37.1 Å². The molecule has 0 saturated heterocycles. The SMILES string of the molecule is Cc1ccccc1C1CC1C(=O)NC1CCCCC1CN. The van der Waals surface area contributed by atoms with Crippen LogP contribution in [0.25, 0.3) is 0 Å². The third-order valence-electron chi connectivity index (χ3n) is 5.25. The summed E-state index contributed by atoms with van der Waals surface area (Å²) in [5.41, 5.74) is 8.49. The highest BCUT2D eigenvalue weighted by Crippen LogP contribution is 2.48. The van der Waals surface area contributed by atoms with Crippen molar-refractivity contribution in [1.29, 1.82) is 0 Å². The highest BCUT2D eigenvalue weighted by atomic mass is 16.2. The minimum Gasteiger partial charge on any atom is -0.353 e. The van der Waals surface area contributed by atoms with Crippen molar-refractivity contribution in [3.05, 3.63) is 35.4 Å². The van der Waals surface area contributed by atoms with E-state index < -0.39 is 0 Å². The molecule has 2 aliphatic carbocycles. The van der Waals surface area contributed by atoms with E-state index in [1.54, 1.807) is 0 Å². The molecular weight excluding hydrogens is 260 g/mol. The van der Waals surface area contributed by atoms with Gasteiger partial charge in [-0.3, -0.25) is 4.79 Å². The predicted octanol–water partition coefficient (Wildman–Crippen LogP) is 2.73. The Morgan fingerprint density at radius 2 is 2.05 bits per heavy atom. The fourth-order valence-corrected chi connectivity index (χ4v) is 3.80. The van der Waals surface area contributed by atoms with Gasteiger partial charge >= 0.3 is 0 Å². The second-order valence-electron chi connectivity index (χ2n) is 6.70. The monoisotopic (exact) mass is 286 g/mol. The van der Waals surface area contributed by atoms with E-state index in [0.717, 1.165) is 19.3 Å². The Kier molecular flexibility index (Phi) is 4.29. The molecule has 0 bridgehead atoms. The zero-order valence-corrected chi connectivity index (χ0v) is 12.8. The molecule has 1 amide bonds. The highest BCUT2D eigenvalue weighted by Gasteiger charge is 2.45. The molecule has 0 aliphatic heterocycles. The number of amides is 1. The van der Waals surface area contributed by atoms with Crippen LogP contribution in [0.1, 0.15) is 49.1 Å². The van der Waals surface area contributed by atoms with E-state index in [1.807, 2.05) is 0 Å². The number of rotatable bonds is 4. The number of carbonyl (C=O) groups is 1. The molecule has 0 heterocycles. The van der Waals surface area contributed by atoms with Crippen LogP contribution in [0.2, 0.25) is 0 Å². The third kappa shape index (κ3) is 3.13. The quantitative estimate of drug-likeness (QED) is 0.894. The van der Waals surface area contributed by atoms with Gasteiger partial charge in [0.2, 0.25) is 5.91 Å². The number of benzene rings is 1. The topological polar surface area (TPSA) is 55.1 Å². The molecule has 3 heteroatoms. The largest absolute Gasteiger partial charge is 0.353 e. The summed E-state index contributed by atoms with van der Waals surface area (Å²) in [5.74, 6) is 1.31. The van der Waals surface area contributed by atoms with Gasteiger partial charge in [-0.2, -0.15) is 0 Å². The molecule has 0 spiro atoms. The Bertz CT molecular complexity index is 514. The molecule has 0 aromatic heterocycles. The zero-order valence-electron chi connectivity index (χ0n) is 12.8. The van der Waals surface area contributed by atoms with Gasteiger partial charge in [-0.05, 0) is 55.7 Å². The summed E-state index contributed by atoms with van der Waals surface area (Å²) >= 11 is 0. The van der Waals surface area contributed by atoms with E-state index in [0.29, 0.717) is 24.4 Å². The molecule has 4 atom stereocenters. The number of aryl methyl sites for hydroxylation is 1. The normalized spacial score (nSPS) is 31.7. The Morgan fingerprint density at radius 3 is 2.81 bits per heavy atom. The number of hydrogen-bond acceptors (Lipinski definition) is 2. The average Bonchev–Trinajstić information content (AvgIpc) is 3.29. The summed E-state index contributed by atoms with van der Waals surface area (Å²) in [6.07, 6.45) is 5.72. The maximum absolute atomic E-state index is 12.5. The summed E-state index contributed by atoms with van der Waals surface area (Å²) in [7, 11) is 0. The zero-order chi connectivity index (χ0) is 14.8. The van der Waals surface area contributed by atoms with Gasteiger partial charge in [0.15, 0.2) is 0 Å². The van der Waals surface area contributed by atoms with Gasteiger partial charge in [-0.25, -0.2) is 0 Å². The summed E-state index contributed by atoms with van der Waals surface area (Å²) in [4.78, 5) is 12.5. The molecule has 2 saturated carbocycles. The molecule has 21 heavy (non-hydrogen) atoms. The van der Waals surface area contributed by atoms with Crippen LogP contribution >= 0.6 is 0 Å². The first-order valence-electron chi connectivity index (χ1n) is 8.26. The first kappa shape index (κ1) is 14.6. The van der Waals surface area contributed by atoms with Crippen LogP contribution in [-0.4, -0.2) is 18.5 Å². The molecule has 3 N–H and O–H groups in total. The van der Waals surface area contributed by atoms with Gasteiger partial charge in [-0.15, -0.1) is 0 Å². The lowest BCUT2D eigenvalue weighted by Crippen LogP contribution is -2.45. The van der Waals surface area contributed by atoms with Gasteiger partial charge < -0.3 is 11.1 Å². The van der Waals surface area contributed by atoms with Crippen LogP contribution in [0, 0.1) is 18.8 Å². The number of nitrogens with two attached hydrogens (primary N) is 1. The van der Waals surface area contributed by atoms with Crippen molar-refractivity contribution >= 4 is 5.91 Å². The van der Waals surface area contributed by atoms with Crippen LogP contribution in [0.4, 0.5) is 0 Å². The summed E-state index contributed by atoms with van der Waals surface area (Å²) in [6.45, 7) is 2.82. The molecule has 2 aliphatic rings. The van der Waals surface area contributed by atoms with E-state index in [-0.39, 0.29) is 11.8 Å². The standard InChI is InChI=1S/C18H26N2O/c1-12-6-2-4-8-14(12)15-10-16(15)18(21)20-17-9-5-3-7-13(17)11-19/h2,4,6,8,13,15-17H,3,5,7,9-11,19H2,1H3,(H,20,21). The van der Waals surface area contributed by atoms with Crippen molar-refractivity contribution in [2.45, 2.75) is 51.0 Å². The lowest BCUT2D eigenvalue weighted by atomic mass is 9.84. The Morgan fingerprint density at radius 1 is 1.29 bits per heavy atom. The van der Waals surface area contributed by atoms with E-state index in [9.17, 15) is 4.79 Å². The summed E-state index contributed by atoms with van der Waals surface area (Å²) in [5, 5.41) is 3.28.